The van der Waals surface area contributed by atoms with Gasteiger partial charge in [-0.15, -0.1) is 0 Å². The number of nitrogens with one attached hydrogen (secondary N) is 1. The van der Waals surface area contributed by atoms with Crippen molar-refractivity contribution in [3.05, 3.63) is 34.8 Å². The molecule has 1 aromatic heterocycles. The summed E-state index contributed by atoms with van der Waals surface area (Å²) in [5.41, 5.74) is 3.00. The van der Waals surface area contributed by atoms with Crippen LogP contribution in [0.2, 0.25) is 0 Å². The molecule has 20 heavy (non-hydrogen) atoms. The Morgan fingerprint density at radius 1 is 1.50 bits per heavy atom. The van der Waals surface area contributed by atoms with Gasteiger partial charge in [-0.1, -0.05) is 19.8 Å². The van der Waals surface area contributed by atoms with E-state index in [-0.39, 0.29) is 11.9 Å². The molecule has 1 unspecified atom stereocenters. The second kappa shape index (κ2) is 5.26. The number of halogens is 1. The van der Waals surface area contributed by atoms with Crippen molar-refractivity contribution in [1.82, 2.24) is 4.98 Å². The van der Waals surface area contributed by atoms with Crippen LogP contribution in [0, 0.1) is 17.1 Å². The van der Waals surface area contributed by atoms with Crippen molar-refractivity contribution < 1.29 is 9.13 Å². The number of nitrogens with zero attached hydrogens (tertiary/aromatic N) is 1. The van der Waals surface area contributed by atoms with E-state index >= 15 is 0 Å². The largest absolute Gasteiger partial charge is 0.372 e. The molecule has 0 radical (unpaired) electrons. The number of aromatic nitrogens is 1. The maximum absolute atomic E-state index is 14.0. The summed E-state index contributed by atoms with van der Waals surface area (Å²) >= 11 is 0. The molecule has 0 saturated heterocycles. The summed E-state index contributed by atoms with van der Waals surface area (Å²) in [6.07, 6.45) is 3.84. The zero-order chi connectivity index (χ0) is 14.1. The third-order valence-corrected chi connectivity index (χ3v) is 3.97. The summed E-state index contributed by atoms with van der Waals surface area (Å²) < 4.78 is 19.8. The number of benzene rings is 1. The summed E-state index contributed by atoms with van der Waals surface area (Å²) in [6.45, 7) is 2.78. The quantitative estimate of drug-likeness (QED) is 0.918. The molecule has 1 N–H and O–H groups in total. The van der Waals surface area contributed by atoms with Crippen molar-refractivity contribution >= 4 is 10.9 Å². The van der Waals surface area contributed by atoms with Crippen LogP contribution in [-0.2, 0) is 11.2 Å². The van der Waals surface area contributed by atoms with E-state index < -0.39 is 0 Å². The molecule has 2 aromatic rings. The first-order chi connectivity index (χ1) is 9.76. The van der Waals surface area contributed by atoms with E-state index in [0.29, 0.717) is 17.7 Å². The van der Waals surface area contributed by atoms with Crippen LogP contribution >= 0.6 is 0 Å². The van der Waals surface area contributed by atoms with Crippen molar-refractivity contribution in [2.75, 3.05) is 6.61 Å². The highest BCUT2D eigenvalue weighted by atomic mass is 19.1. The number of unbranched alkanes of at least 4 members (excludes halogenated alkanes) is 1. The lowest BCUT2D eigenvalue weighted by atomic mass is 9.97. The number of ether oxygens (including phenoxy) is 1. The molecule has 0 aliphatic carbocycles. The van der Waals surface area contributed by atoms with E-state index in [0.717, 1.165) is 42.3 Å². The molecule has 0 amide bonds. The highest BCUT2D eigenvalue weighted by Gasteiger charge is 2.26. The number of H-pyrrole nitrogens is 1. The smallest absolute Gasteiger partial charge is 0.147 e. The van der Waals surface area contributed by atoms with E-state index in [1.165, 1.54) is 6.07 Å². The molecule has 3 nitrogen and oxygen atoms in total. The van der Waals surface area contributed by atoms with Crippen molar-refractivity contribution in [2.24, 2.45) is 0 Å². The Morgan fingerprint density at radius 3 is 3.10 bits per heavy atom. The zero-order valence-corrected chi connectivity index (χ0v) is 11.5. The first-order valence-electron chi connectivity index (χ1n) is 7.11. The molecule has 0 bridgehead atoms. The van der Waals surface area contributed by atoms with Crippen LogP contribution in [0.15, 0.2) is 12.1 Å². The molecule has 0 fully saturated rings. The van der Waals surface area contributed by atoms with E-state index in [2.05, 4.69) is 18.0 Å². The van der Waals surface area contributed by atoms with E-state index in [1.807, 2.05) is 0 Å². The average Bonchev–Trinajstić information content (AvgIpc) is 2.87. The van der Waals surface area contributed by atoms with Gasteiger partial charge in [0.25, 0.3) is 0 Å². The fraction of sp³-hybridized carbons (Fsp3) is 0.438. The van der Waals surface area contributed by atoms with Gasteiger partial charge >= 0.3 is 0 Å². The third-order valence-electron chi connectivity index (χ3n) is 3.97. The number of fused-ring (bicyclic) bond motifs is 3. The lowest BCUT2D eigenvalue weighted by Crippen LogP contribution is -2.15. The first kappa shape index (κ1) is 13.1. The van der Waals surface area contributed by atoms with Gasteiger partial charge in [-0.3, -0.25) is 0 Å². The Labute approximate surface area is 117 Å². The Hall–Kier alpha value is -1.86. The number of aromatic amines is 1. The van der Waals surface area contributed by atoms with Crippen molar-refractivity contribution in [3.8, 4) is 6.07 Å². The molecule has 1 aliphatic rings. The summed E-state index contributed by atoms with van der Waals surface area (Å²) in [7, 11) is 0. The van der Waals surface area contributed by atoms with Crippen molar-refractivity contribution in [2.45, 2.75) is 38.7 Å². The van der Waals surface area contributed by atoms with Gasteiger partial charge in [0, 0.05) is 11.1 Å². The van der Waals surface area contributed by atoms with Crippen LogP contribution in [0.3, 0.4) is 0 Å². The molecule has 3 rings (SSSR count). The van der Waals surface area contributed by atoms with Crippen LogP contribution in [-0.4, -0.2) is 11.6 Å². The van der Waals surface area contributed by atoms with E-state index in [1.54, 1.807) is 6.07 Å². The third kappa shape index (κ3) is 1.99. The lowest BCUT2D eigenvalue weighted by molar-refractivity contribution is 0.0329. The molecule has 1 aliphatic heterocycles. The minimum atomic E-state index is -0.303. The monoisotopic (exact) mass is 272 g/mol. The van der Waals surface area contributed by atoms with Crippen LogP contribution in [0.4, 0.5) is 4.39 Å². The fourth-order valence-electron chi connectivity index (χ4n) is 2.99. The lowest BCUT2D eigenvalue weighted by Gasteiger charge is -2.23. The molecule has 0 spiro atoms. The average molecular weight is 272 g/mol. The highest BCUT2D eigenvalue weighted by molar-refractivity contribution is 5.90. The number of rotatable bonds is 3. The second-order valence-electron chi connectivity index (χ2n) is 5.23. The fourth-order valence-corrected chi connectivity index (χ4v) is 2.99. The predicted octanol–water partition coefficient (Wildman–Crippen LogP) is 3.98. The number of nitriles is 1. The Kier molecular flexibility index (Phi) is 3.45. The summed E-state index contributed by atoms with van der Waals surface area (Å²) in [4.78, 5) is 3.17. The van der Waals surface area contributed by atoms with Crippen LogP contribution in [0.1, 0.15) is 49.1 Å². The van der Waals surface area contributed by atoms with Gasteiger partial charge in [0.05, 0.1) is 29.9 Å². The van der Waals surface area contributed by atoms with Gasteiger partial charge in [0.2, 0.25) is 0 Å². The van der Waals surface area contributed by atoms with Gasteiger partial charge < -0.3 is 9.72 Å². The molecule has 1 atom stereocenters. The summed E-state index contributed by atoms with van der Waals surface area (Å²) in [5, 5.41) is 9.98. The van der Waals surface area contributed by atoms with E-state index in [9.17, 15) is 9.65 Å². The molecule has 4 heteroatoms. The SMILES string of the molecule is CCCCC1OCCc2c1[nH]c1c(F)ccc(C#N)c21. The molecule has 104 valence electrons. The number of hydrogen-bond donors (Lipinski definition) is 1. The molecule has 0 saturated carbocycles. The second-order valence-corrected chi connectivity index (χ2v) is 5.23. The van der Waals surface area contributed by atoms with E-state index in [4.69, 9.17) is 4.74 Å². The van der Waals surface area contributed by atoms with Gasteiger partial charge in [0.1, 0.15) is 5.82 Å². The first-order valence-corrected chi connectivity index (χ1v) is 7.11. The van der Waals surface area contributed by atoms with Crippen LogP contribution in [0.5, 0.6) is 0 Å². The topological polar surface area (TPSA) is 48.8 Å². The van der Waals surface area contributed by atoms with Gasteiger partial charge in [-0.05, 0) is 30.5 Å². The summed E-state index contributed by atoms with van der Waals surface area (Å²) in [6, 6.07) is 5.07. The predicted molar refractivity (Wildman–Crippen MR) is 74.9 cm³/mol. The Bertz CT molecular complexity index is 684. The zero-order valence-electron chi connectivity index (χ0n) is 11.5. The maximum Gasteiger partial charge on any atom is 0.147 e. The normalized spacial score (nSPS) is 17.9. The highest BCUT2D eigenvalue weighted by Crippen LogP contribution is 2.37. The molecular formula is C16H17FN2O. The standard InChI is InChI=1S/C16H17FN2O/c1-2-3-4-13-15-11(7-8-20-13)14-10(9-18)5-6-12(17)16(14)19-15/h5-6,13,19H,2-4,7-8H2,1H3. The maximum atomic E-state index is 14.0. The molecule has 2 heterocycles. The summed E-state index contributed by atoms with van der Waals surface area (Å²) in [5.74, 6) is -0.303. The molecular weight excluding hydrogens is 255 g/mol. The van der Waals surface area contributed by atoms with Crippen molar-refractivity contribution in [3.63, 3.8) is 0 Å². The Balaban J connectivity index is 2.17. The van der Waals surface area contributed by atoms with Crippen LogP contribution < -0.4 is 0 Å². The molecule has 1 aromatic carbocycles. The van der Waals surface area contributed by atoms with Gasteiger partial charge in [-0.2, -0.15) is 5.26 Å². The minimum absolute atomic E-state index is 0.00274. The van der Waals surface area contributed by atoms with Crippen LogP contribution in [0.25, 0.3) is 10.9 Å². The Morgan fingerprint density at radius 2 is 2.35 bits per heavy atom. The number of hydrogen-bond acceptors (Lipinski definition) is 2. The van der Waals surface area contributed by atoms with Gasteiger partial charge in [0.15, 0.2) is 0 Å². The minimum Gasteiger partial charge on any atom is -0.372 e. The van der Waals surface area contributed by atoms with Gasteiger partial charge in [-0.25, -0.2) is 4.39 Å². The van der Waals surface area contributed by atoms with Crippen molar-refractivity contribution in [1.29, 1.82) is 5.26 Å².